The quantitative estimate of drug-likeness (QED) is 0.516. The van der Waals surface area contributed by atoms with E-state index in [-0.39, 0.29) is 0 Å². The first kappa shape index (κ1) is 8.69. The molecule has 0 atom stereocenters. The summed E-state index contributed by atoms with van der Waals surface area (Å²) in [6.45, 7) is 3.16. The number of nitrogens with zero attached hydrogens (tertiary/aromatic N) is 1. The molecule has 3 heteroatoms. The van der Waals surface area contributed by atoms with Crippen molar-refractivity contribution in [3.05, 3.63) is 35.9 Å². The van der Waals surface area contributed by atoms with Crippen molar-refractivity contribution in [3.63, 3.8) is 0 Å². The van der Waals surface area contributed by atoms with Crippen molar-refractivity contribution < 1.29 is 0 Å². The van der Waals surface area contributed by atoms with Crippen LogP contribution in [-0.2, 0) is 6.54 Å². The van der Waals surface area contributed by atoms with E-state index in [1.807, 2.05) is 6.07 Å². The molecule has 13 heavy (non-hydrogen) atoms. The molecule has 70 valence electrons. The highest BCUT2D eigenvalue weighted by Crippen LogP contribution is 2.11. The standard InChI is InChI=1S/C10H15N3/c11-12-10-7-13(8-10)6-9-4-2-1-3-5-9/h1-5,10,12H,6-8,11H2. The summed E-state index contributed by atoms with van der Waals surface area (Å²) in [5.41, 5.74) is 4.15. The summed E-state index contributed by atoms with van der Waals surface area (Å²) in [7, 11) is 0. The summed E-state index contributed by atoms with van der Waals surface area (Å²) in [4.78, 5) is 2.37. The maximum Gasteiger partial charge on any atom is 0.0465 e. The van der Waals surface area contributed by atoms with Crippen LogP contribution < -0.4 is 11.3 Å². The first-order valence-electron chi connectivity index (χ1n) is 4.61. The molecule has 1 fully saturated rings. The third-order valence-electron chi connectivity index (χ3n) is 2.44. The minimum Gasteiger partial charge on any atom is -0.296 e. The lowest BCUT2D eigenvalue weighted by molar-refractivity contribution is 0.119. The maximum atomic E-state index is 5.31. The number of hydrogen-bond acceptors (Lipinski definition) is 3. The monoisotopic (exact) mass is 177 g/mol. The van der Waals surface area contributed by atoms with E-state index < -0.39 is 0 Å². The van der Waals surface area contributed by atoms with Gasteiger partial charge in [0.25, 0.3) is 0 Å². The minimum absolute atomic E-state index is 0.490. The molecule has 0 aliphatic carbocycles. The number of hydrazine groups is 1. The molecule has 1 aromatic rings. The van der Waals surface area contributed by atoms with Gasteiger partial charge in [0.1, 0.15) is 0 Å². The van der Waals surface area contributed by atoms with Gasteiger partial charge in [0.15, 0.2) is 0 Å². The minimum atomic E-state index is 0.490. The second-order valence-corrected chi connectivity index (χ2v) is 3.54. The zero-order valence-corrected chi connectivity index (χ0v) is 7.61. The third kappa shape index (κ3) is 2.06. The Morgan fingerprint density at radius 2 is 2.00 bits per heavy atom. The van der Waals surface area contributed by atoms with Crippen molar-refractivity contribution in [2.45, 2.75) is 12.6 Å². The Bertz CT molecular complexity index is 254. The Balaban J connectivity index is 1.81. The third-order valence-corrected chi connectivity index (χ3v) is 2.44. The number of benzene rings is 1. The molecule has 0 spiro atoms. The van der Waals surface area contributed by atoms with E-state index in [4.69, 9.17) is 5.84 Å². The fourth-order valence-electron chi connectivity index (χ4n) is 1.65. The van der Waals surface area contributed by atoms with Crippen LogP contribution in [0.25, 0.3) is 0 Å². The highest BCUT2D eigenvalue weighted by molar-refractivity contribution is 5.15. The van der Waals surface area contributed by atoms with Gasteiger partial charge in [-0.05, 0) is 5.56 Å². The average Bonchev–Trinajstić information content (AvgIpc) is 2.12. The van der Waals surface area contributed by atoms with Gasteiger partial charge >= 0.3 is 0 Å². The van der Waals surface area contributed by atoms with E-state index in [1.165, 1.54) is 5.56 Å². The van der Waals surface area contributed by atoms with Crippen LogP contribution in [-0.4, -0.2) is 24.0 Å². The summed E-state index contributed by atoms with van der Waals surface area (Å²) in [6, 6.07) is 11.0. The van der Waals surface area contributed by atoms with Gasteiger partial charge in [0.2, 0.25) is 0 Å². The lowest BCUT2D eigenvalue weighted by Gasteiger charge is -2.38. The second-order valence-electron chi connectivity index (χ2n) is 3.54. The van der Waals surface area contributed by atoms with E-state index >= 15 is 0 Å². The van der Waals surface area contributed by atoms with Crippen LogP contribution in [0.5, 0.6) is 0 Å². The molecule has 0 saturated carbocycles. The molecule has 3 nitrogen and oxygen atoms in total. The topological polar surface area (TPSA) is 41.3 Å². The van der Waals surface area contributed by atoms with E-state index in [0.29, 0.717) is 6.04 Å². The zero-order valence-electron chi connectivity index (χ0n) is 7.61. The molecule has 0 amide bonds. The molecule has 1 aliphatic heterocycles. The van der Waals surface area contributed by atoms with Gasteiger partial charge in [-0.2, -0.15) is 0 Å². The summed E-state index contributed by atoms with van der Waals surface area (Å²) >= 11 is 0. The predicted molar refractivity (Wildman–Crippen MR) is 52.8 cm³/mol. The fraction of sp³-hybridized carbons (Fsp3) is 0.400. The summed E-state index contributed by atoms with van der Waals surface area (Å²) < 4.78 is 0. The van der Waals surface area contributed by atoms with Gasteiger partial charge in [-0.3, -0.25) is 16.2 Å². The Morgan fingerprint density at radius 3 is 2.62 bits per heavy atom. The summed E-state index contributed by atoms with van der Waals surface area (Å²) in [6.07, 6.45) is 0. The number of nitrogens with one attached hydrogen (secondary N) is 1. The van der Waals surface area contributed by atoms with Crippen molar-refractivity contribution >= 4 is 0 Å². The SMILES string of the molecule is NNC1CN(Cc2ccccc2)C1. The molecule has 1 saturated heterocycles. The second kappa shape index (κ2) is 3.87. The fourth-order valence-corrected chi connectivity index (χ4v) is 1.65. The Morgan fingerprint density at radius 1 is 1.31 bits per heavy atom. The lowest BCUT2D eigenvalue weighted by atomic mass is 10.1. The van der Waals surface area contributed by atoms with Crippen LogP contribution in [0.15, 0.2) is 30.3 Å². The van der Waals surface area contributed by atoms with Crippen LogP contribution in [0.1, 0.15) is 5.56 Å². The van der Waals surface area contributed by atoms with Crippen LogP contribution in [0.2, 0.25) is 0 Å². The number of hydrogen-bond donors (Lipinski definition) is 2. The van der Waals surface area contributed by atoms with E-state index in [1.54, 1.807) is 0 Å². The van der Waals surface area contributed by atoms with Crippen LogP contribution >= 0.6 is 0 Å². The lowest BCUT2D eigenvalue weighted by Crippen LogP contribution is -2.59. The van der Waals surface area contributed by atoms with Gasteiger partial charge in [0, 0.05) is 25.7 Å². The van der Waals surface area contributed by atoms with E-state index in [0.717, 1.165) is 19.6 Å². The molecule has 3 N–H and O–H groups in total. The Labute approximate surface area is 78.5 Å². The van der Waals surface area contributed by atoms with Crippen LogP contribution in [0.4, 0.5) is 0 Å². The summed E-state index contributed by atoms with van der Waals surface area (Å²) in [5.74, 6) is 5.31. The van der Waals surface area contributed by atoms with Gasteiger partial charge in [-0.25, -0.2) is 0 Å². The van der Waals surface area contributed by atoms with Crippen LogP contribution in [0.3, 0.4) is 0 Å². The first-order valence-corrected chi connectivity index (χ1v) is 4.61. The molecule has 0 unspecified atom stereocenters. The molecule has 1 heterocycles. The molecule has 2 rings (SSSR count). The van der Waals surface area contributed by atoms with Crippen molar-refractivity contribution in [2.24, 2.45) is 5.84 Å². The molecular weight excluding hydrogens is 162 g/mol. The molecular formula is C10H15N3. The highest BCUT2D eigenvalue weighted by Gasteiger charge is 2.24. The number of likely N-dealkylation sites (tertiary alicyclic amines) is 1. The number of rotatable bonds is 3. The molecule has 0 radical (unpaired) electrons. The predicted octanol–water partition coefficient (Wildman–Crippen LogP) is 0.334. The zero-order chi connectivity index (χ0) is 9.10. The van der Waals surface area contributed by atoms with Gasteiger partial charge < -0.3 is 0 Å². The Hall–Kier alpha value is -0.900. The smallest absolute Gasteiger partial charge is 0.0465 e. The average molecular weight is 177 g/mol. The first-order chi connectivity index (χ1) is 6.38. The molecule has 1 aromatic carbocycles. The van der Waals surface area contributed by atoms with Crippen molar-refractivity contribution in [1.82, 2.24) is 10.3 Å². The van der Waals surface area contributed by atoms with Gasteiger partial charge in [-0.1, -0.05) is 30.3 Å². The van der Waals surface area contributed by atoms with Crippen molar-refractivity contribution in [2.75, 3.05) is 13.1 Å². The molecule has 0 aromatic heterocycles. The van der Waals surface area contributed by atoms with Gasteiger partial charge in [0.05, 0.1) is 0 Å². The molecule has 0 bridgehead atoms. The van der Waals surface area contributed by atoms with Crippen molar-refractivity contribution in [1.29, 1.82) is 0 Å². The Kier molecular flexibility index (Phi) is 2.59. The van der Waals surface area contributed by atoms with Gasteiger partial charge in [-0.15, -0.1) is 0 Å². The van der Waals surface area contributed by atoms with Crippen molar-refractivity contribution in [3.8, 4) is 0 Å². The largest absolute Gasteiger partial charge is 0.296 e. The van der Waals surface area contributed by atoms with E-state index in [9.17, 15) is 0 Å². The normalized spacial score (nSPS) is 18.5. The highest BCUT2D eigenvalue weighted by atomic mass is 15.3. The maximum absolute atomic E-state index is 5.31. The summed E-state index contributed by atoms with van der Waals surface area (Å²) in [5, 5.41) is 0. The molecule has 1 aliphatic rings. The van der Waals surface area contributed by atoms with Crippen LogP contribution in [0, 0.1) is 0 Å². The van der Waals surface area contributed by atoms with E-state index in [2.05, 4.69) is 34.6 Å². The number of nitrogens with two attached hydrogens (primary N) is 1.